The van der Waals surface area contributed by atoms with Gasteiger partial charge >= 0.3 is 0 Å². The number of halogens is 1. The first-order chi connectivity index (χ1) is 11.1. The van der Waals surface area contributed by atoms with Gasteiger partial charge in [0.25, 0.3) is 0 Å². The van der Waals surface area contributed by atoms with Crippen LogP contribution in [0.2, 0.25) is 0 Å². The zero-order chi connectivity index (χ0) is 16.0. The van der Waals surface area contributed by atoms with Crippen molar-refractivity contribution in [1.82, 2.24) is 14.8 Å². The molecule has 114 valence electrons. The van der Waals surface area contributed by atoms with Crippen LogP contribution >= 0.6 is 0 Å². The maximum absolute atomic E-state index is 14.0. The van der Waals surface area contributed by atoms with Crippen LogP contribution in [-0.4, -0.2) is 14.8 Å². The molecule has 0 atom stereocenters. The highest BCUT2D eigenvalue weighted by Gasteiger charge is 2.11. The smallest absolute Gasteiger partial charge is 0.132 e. The molecule has 0 aliphatic rings. The number of H-pyrrole nitrogens is 1. The summed E-state index contributed by atoms with van der Waals surface area (Å²) in [6, 6.07) is 13.0. The molecule has 0 saturated heterocycles. The van der Waals surface area contributed by atoms with E-state index in [1.54, 1.807) is 18.3 Å². The van der Waals surface area contributed by atoms with Crippen molar-refractivity contribution in [2.75, 3.05) is 5.73 Å². The summed E-state index contributed by atoms with van der Waals surface area (Å²) < 4.78 is 16.0. The normalized spacial score (nSPS) is 11.2. The maximum Gasteiger partial charge on any atom is 0.132 e. The number of rotatable bonds is 2. The Morgan fingerprint density at radius 3 is 2.83 bits per heavy atom. The van der Waals surface area contributed by atoms with Crippen LogP contribution in [0.5, 0.6) is 0 Å². The van der Waals surface area contributed by atoms with Gasteiger partial charge in [0.1, 0.15) is 11.6 Å². The minimum atomic E-state index is -0.209. The number of aromatic amines is 1. The first-order valence-corrected chi connectivity index (χ1v) is 7.31. The van der Waals surface area contributed by atoms with E-state index in [9.17, 15) is 4.39 Å². The largest absolute Gasteiger partial charge is 0.384 e. The lowest BCUT2D eigenvalue weighted by molar-refractivity contribution is 0.639. The standard InChI is InChI=1S/C18H15FN4/c1-11-5-6-16(19)14-7-8-23(17(11)14)13-4-2-3-12(9-13)15-10-21-22-18(15)20/h2-10H,1H3,(H3,20,21,22). The van der Waals surface area contributed by atoms with Crippen molar-refractivity contribution in [2.45, 2.75) is 6.92 Å². The van der Waals surface area contributed by atoms with Crippen LogP contribution in [0.4, 0.5) is 10.2 Å². The molecule has 0 amide bonds. The Hall–Kier alpha value is -3.08. The molecular weight excluding hydrogens is 291 g/mol. The highest BCUT2D eigenvalue weighted by Crippen LogP contribution is 2.29. The van der Waals surface area contributed by atoms with Crippen LogP contribution in [-0.2, 0) is 0 Å². The molecule has 0 saturated carbocycles. The number of aromatic nitrogens is 3. The van der Waals surface area contributed by atoms with Crippen molar-refractivity contribution < 1.29 is 4.39 Å². The molecule has 0 aliphatic heterocycles. The molecule has 0 bridgehead atoms. The van der Waals surface area contributed by atoms with Crippen LogP contribution in [0.1, 0.15) is 5.56 Å². The first-order valence-electron chi connectivity index (χ1n) is 7.31. The second-order valence-electron chi connectivity index (χ2n) is 5.56. The van der Waals surface area contributed by atoms with Crippen LogP contribution in [0.25, 0.3) is 27.7 Å². The van der Waals surface area contributed by atoms with Gasteiger partial charge in [-0.15, -0.1) is 0 Å². The minimum absolute atomic E-state index is 0.209. The highest BCUT2D eigenvalue weighted by molar-refractivity contribution is 5.86. The van der Waals surface area contributed by atoms with E-state index in [-0.39, 0.29) is 5.82 Å². The molecule has 5 heteroatoms. The Morgan fingerprint density at radius 1 is 1.17 bits per heavy atom. The SMILES string of the molecule is Cc1ccc(F)c2ccn(-c3cccc(-c4cn[nH]c4N)c3)c12. The fraction of sp³-hybridized carbons (Fsp3) is 0.0556. The molecular formula is C18H15FN4. The molecule has 23 heavy (non-hydrogen) atoms. The molecule has 0 radical (unpaired) electrons. The summed E-state index contributed by atoms with van der Waals surface area (Å²) in [6.07, 6.45) is 3.59. The van der Waals surface area contributed by atoms with Crippen molar-refractivity contribution in [2.24, 2.45) is 0 Å². The van der Waals surface area contributed by atoms with Crippen LogP contribution in [0, 0.1) is 12.7 Å². The predicted molar refractivity (Wildman–Crippen MR) is 90.0 cm³/mol. The summed E-state index contributed by atoms with van der Waals surface area (Å²) in [7, 11) is 0. The third-order valence-corrected chi connectivity index (χ3v) is 4.10. The second-order valence-corrected chi connectivity index (χ2v) is 5.56. The number of aryl methyl sites for hydroxylation is 1. The number of hydrogen-bond donors (Lipinski definition) is 2. The number of anilines is 1. The number of benzene rings is 2. The Labute approximate surface area is 132 Å². The van der Waals surface area contributed by atoms with Crippen LogP contribution in [0.15, 0.2) is 54.9 Å². The molecule has 0 fully saturated rings. The predicted octanol–water partition coefficient (Wildman–Crippen LogP) is 4.05. The maximum atomic E-state index is 14.0. The summed E-state index contributed by atoms with van der Waals surface area (Å²) in [5.74, 6) is 0.321. The molecule has 4 nitrogen and oxygen atoms in total. The van der Waals surface area contributed by atoms with E-state index < -0.39 is 0 Å². The third kappa shape index (κ3) is 2.09. The Kier molecular flexibility index (Phi) is 2.94. The fourth-order valence-corrected chi connectivity index (χ4v) is 2.96. The van der Waals surface area contributed by atoms with Gasteiger partial charge in [0.05, 0.1) is 11.7 Å². The fourth-order valence-electron chi connectivity index (χ4n) is 2.96. The molecule has 2 aromatic heterocycles. The number of nitrogen functional groups attached to an aromatic ring is 1. The quantitative estimate of drug-likeness (QED) is 0.587. The zero-order valence-electron chi connectivity index (χ0n) is 12.5. The number of fused-ring (bicyclic) bond motifs is 1. The lowest BCUT2D eigenvalue weighted by Gasteiger charge is -2.10. The Morgan fingerprint density at radius 2 is 2.04 bits per heavy atom. The Balaban J connectivity index is 1.93. The summed E-state index contributed by atoms with van der Waals surface area (Å²) in [6.45, 7) is 1.98. The van der Waals surface area contributed by atoms with Gasteiger partial charge in [-0.05, 0) is 42.3 Å². The molecule has 0 unspecified atom stereocenters. The number of nitrogens with zero attached hydrogens (tertiary/aromatic N) is 2. The van der Waals surface area contributed by atoms with E-state index in [2.05, 4.69) is 10.2 Å². The van der Waals surface area contributed by atoms with E-state index in [1.807, 2.05) is 42.0 Å². The van der Waals surface area contributed by atoms with Crippen molar-refractivity contribution in [3.05, 3.63) is 66.2 Å². The molecule has 4 aromatic rings. The van der Waals surface area contributed by atoms with Gasteiger partial charge in [-0.1, -0.05) is 18.2 Å². The third-order valence-electron chi connectivity index (χ3n) is 4.10. The summed E-state index contributed by atoms with van der Waals surface area (Å²) in [5, 5.41) is 7.32. The van der Waals surface area contributed by atoms with E-state index in [0.29, 0.717) is 11.2 Å². The van der Waals surface area contributed by atoms with Gasteiger partial charge in [0.15, 0.2) is 0 Å². The lowest BCUT2D eigenvalue weighted by atomic mass is 10.1. The summed E-state index contributed by atoms with van der Waals surface area (Å²) >= 11 is 0. The molecule has 0 spiro atoms. The summed E-state index contributed by atoms with van der Waals surface area (Å²) in [4.78, 5) is 0. The minimum Gasteiger partial charge on any atom is -0.384 e. The average Bonchev–Trinajstić information content (AvgIpc) is 3.18. The van der Waals surface area contributed by atoms with Crippen LogP contribution in [0.3, 0.4) is 0 Å². The van der Waals surface area contributed by atoms with Gasteiger partial charge in [-0.3, -0.25) is 5.10 Å². The van der Waals surface area contributed by atoms with Gasteiger partial charge in [0, 0.05) is 22.8 Å². The van der Waals surface area contributed by atoms with Gasteiger partial charge in [-0.25, -0.2) is 4.39 Å². The monoisotopic (exact) mass is 306 g/mol. The molecule has 3 N–H and O–H groups in total. The topological polar surface area (TPSA) is 59.6 Å². The highest BCUT2D eigenvalue weighted by atomic mass is 19.1. The van der Waals surface area contributed by atoms with Crippen molar-refractivity contribution in [3.8, 4) is 16.8 Å². The second kappa shape index (κ2) is 4.98. The van der Waals surface area contributed by atoms with Gasteiger partial charge in [0.2, 0.25) is 0 Å². The lowest BCUT2D eigenvalue weighted by Crippen LogP contribution is -1.95. The number of nitrogens with two attached hydrogens (primary N) is 1. The van der Waals surface area contributed by atoms with E-state index in [1.165, 1.54) is 6.07 Å². The van der Waals surface area contributed by atoms with Gasteiger partial charge < -0.3 is 10.3 Å². The molecule has 4 rings (SSSR count). The van der Waals surface area contributed by atoms with Crippen molar-refractivity contribution >= 4 is 16.7 Å². The van der Waals surface area contributed by atoms with Gasteiger partial charge in [-0.2, -0.15) is 5.10 Å². The first kappa shape index (κ1) is 13.6. The van der Waals surface area contributed by atoms with Crippen molar-refractivity contribution in [1.29, 1.82) is 0 Å². The van der Waals surface area contributed by atoms with Crippen LogP contribution < -0.4 is 5.73 Å². The molecule has 2 aromatic carbocycles. The molecule has 2 heterocycles. The van der Waals surface area contributed by atoms with Crippen molar-refractivity contribution in [3.63, 3.8) is 0 Å². The Bertz CT molecular complexity index is 1010. The van der Waals surface area contributed by atoms with E-state index in [0.717, 1.165) is 27.9 Å². The summed E-state index contributed by atoms with van der Waals surface area (Å²) in [5.41, 5.74) is 10.6. The molecule has 0 aliphatic carbocycles. The average molecular weight is 306 g/mol. The number of hydrogen-bond acceptors (Lipinski definition) is 2. The zero-order valence-corrected chi connectivity index (χ0v) is 12.5. The van der Waals surface area contributed by atoms with E-state index >= 15 is 0 Å². The number of nitrogens with one attached hydrogen (secondary N) is 1. The van der Waals surface area contributed by atoms with E-state index in [4.69, 9.17) is 5.73 Å².